The van der Waals surface area contributed by atoms with Gasteiger partial charge in [-0.2, -0.15) is 83.4 Å². The highest BCUT2D eigenvalue weighted by molar-refractivity contribution is 5.83. The molecule has 1 aliphatic rings. The zero-order valence-corrected chi connectivity index (χ0v) is 15.9. The minimum absolute atomic E-state index is 0.917. The molecule has 0 aromatic heterocycles. The molecule has 36 heavy (non-hydrogen) atoms. The molecule has 0 saturated carbocycles. The van der Waals surface area contributed by atoms with Crippen molar-refractivity contribution in [3.8, 4) is 0 Å². The van der Waals surface area contributed by atoms with Gasteiger partial charge in [-0.15, -0.1) is 0 Å². The van der Waals surface area contributed by atoms with Crippen LogP contribution in [0.5, 0.6) is 0 Å². The minimum atomic E-state index is -9.02. The first-order valence-electron chi connectivity index (χ1n) is 8.11. The number of carbonyl (C=O) groups excluding carboxylic acids is 1. The van der Waals surface area contributed by atoms with Crippen LogP contribution in [-0.4, -0.2) is 72.7 Å². The topological polar surface area (TPSA) is 35.5 Å². The van der Waals surface area contributed by atoms with E-state index in [1.54, 1.807) is 0 Å². The van der Waals surface area contributed by atoms with Crippen molar-refractivity contribution < 1.29 is 97.7 Å². The quantitative estimate of drug-likeness (QED) is 0.257. The van der Waals surface area contributed by atoms with E-state index in [2.05, 4.69) is 9.47 Å². The van der Waals surface area contributed by atoms with Gasteiger partial charge in [0.1, 0.15) is 13.2 Å². The molecule has 1 rings (SSSR count). The van der Waals surface area contributed by atoms with Gasteiger partial charge in [-0.25, -0.2) is 4.79 Å². The van der Waals surface area contributed by atoms with Gasteiger partial charge in [0.2, 0.25) is 0 Å². The Morgan fingerprint density at radius 2 is 0.778 bits per heavy atom. The van der Waals surface area contributed by atoms with Gasteiger partial charge in [-0.05, 0) is 0 Å². The second-order valence-electron chi connectivity index (χ2n) is 6.62. The molecule has 0 atom stereocenters. The number of halogens is 19. The summed E-state index contributed by atoms with van der Waals surface area (Å²) in [6.45, 7) is -2.49. The van der Waals surface area contributed by atoms with Crippen LogP contribution >= 0.6 is 0 Å². The SMILES string of the molecule is O=C1C=C(C(F)(F)C(F)(F)C(F)(F)C(F)(F)C(F)(F)C(F)(F)C(F)(F)C(F)(F)C(F)(F)F)OCCO1. The maximum atomic E-state index is 13.9. The van der Waals surface area contributed by atoms with Gasteiger partial charge < -0.3 is 9.47 Å². The number of hydrogen-bond acceptors (Lipinski definition) is 3. The summed E-state index contributed by atoms with van der Waals surface area (Å²) in [6.07, 6.45) is -8.86. The summed E-state index contributed by atoms with van der Waals surface area (Å²) in [7, 11) is 0. The molecule has 0 aliphatic carbocycles. The van der Waals surface area contributed by atoms with E-state index in [-0.39, 0.29) is 0 Å². The summed E-state index contributed by atoms with van der Waals surface area (Å²) < 4.78 is 259. The zero-order valence-electron chi connectivity index (χ0n) is 15.9. The van der Waals surface area contributed by atoms with Gasteiger partial charge in [0, 0.05) is 0 Å². The van der Waals surface area contributed by atoms with Crippen LogP contribution in [0.2, 0.25) is 0 Å². The highest BCUT2D eigenvalue weighted by atomic mass is 19.4. The lowest BCUT2D eigenvalue weighted by Crippen LogP contribution is -2.75. The largest absolute Gasteiger partial charge is 0.487 e. The smallest absolute Gasteiger partial charge is 0.460 e. The first-order valence-corrected chi connectivity index (χ1v) is 8.11. The average Bonchev–Trinajstić information content (AvgIpc) is 2.90. The molecule has 1 heterocycles. The Bertz CT molecular complexity index is 884. The number of allylic oxidation sites excluding steroid dienone is 1. The van der Waals surface area contributed by atoms with Crippen molar-refractivity contribution in [2.75, 3.05) is 13.2 Å². The van der Waals surface area contributed by atoms with E-state index in [1.807, 2.05) is 0 Å². The molecule has 212 valence electrons. The lowest BCUT2D eigenvalue weighted by molar-refractivity contribution is -0.468. The number of carbonyl (C=O) groups is 1. The van der Waals surface area contributed by atoms with E-state index >= 15 is 0 Å². The molecule has 3 nitrogen and oxygen atoms in total. The number of ether oxygens (including phenoxy) is 2. The third-order valence-electron chi connectivity index (χ3n) is 4.26. The van der Waals surface area contributed by atoms with Crippen molar-refractivity contribution in [3.63, 3.8) is 0 Å². The maximum absolute atomic E-state index is 13.9. The van der Waals surface area contributed by atoms with E-state index in [0.29, 0.717) is 0 Å². The maximum Gasteiger partial charge on any atom is 0.460 e. The fraction of sp³-hybridized carbons (Fsp3) is 0.786. The van der Waals surface area contributed by atoms with Crippen molar-refractivity contribution in [1.29, 1.82) is 0 Å². The highest BCUT2D eigenvalue weighted by Gasteiger charge is 2.97. The van der Waals surface area contributed by atoms with E-state index < -0.39 is 84.6 Å². The van der Waals surface area contributed by atoms with Crippen LogP contribution in [0.4, 0.5) is 83.4 Å². The molecular formula is C14H5F19O3. The molecule has 0 bridgehead atoms. The van der Waals surface area contributed by atoms with Gasteiger partial charge in [0.05, 0.1) is 6.08 Å². The van der Waals surface area contributed by atoms with E-state index in [9.17, 15) is 88.2 Å². The molecule has 0 radical (unpaired) electrons. The molecular weight excluding hydrogens is 577 g/mol. The Morgan fingerprint density at radius 3 is 1.14 bits per heavy atom. The molecule has 22 heteroatoms. The summed E-state index contributed by atoms with van der Waals surface area (Å²) in [5.74, 6) is -73.0. The Hall–Kier alpha value is -2.32. The lowest BCUT2D eigenvalue weighted by atomic mass is 9.87. The Labute approximate surface area is 183 Å². The zero-order chi connectivity index (χ0) is 29.2. The number of esters is 1. The molecule has 0 saturated heterocycles. The monoisotopic (exact) mass is 582 g/mol. The standard InChI is InChI=1S/C14H5F19O3/c15-6(16,4-3-5(34)36-2-1-35-4)7(17,18)8(19,20)9(21,22)10(23,24)11(25,26)12(27,28)13(29,30)14(31,32)33/h3H,1-2H2. The first-order chi connectivity index (χ1) is 15.5. The molecule has 0 unspecified atom stereocenters. The molecule has 0 N–H and O–H groups in total. The van der Waals surface area contributed by atoms with E-state index in [4.69, 9.17) is 0 Å². The number of hydrogen-bond donors (Lipinski definition) is 0. The van der Waals surface area contributed by atoms with E-state index in [0.717, 1.165) is 0 Å². The third-order valence-corrected chi connectivity index (χ3v) is 4.26. The van der Waals surface area contributed by atoms with Gasteiger partial charge in [-0.3, -0.25) is 0 Å². The molecule has 0 aromatic rings. The van der Waals surface area contributed by atoms with Crippen LogP contribution in [0.1, 0.15) is 0 Å². The molecule has 1 aliphatic heterocycles. The number of rotatable bonds is 8. The minimum Gasteiger partial charge on any atom is -0.487 e. The Balaban J connectivity index is 3.74. The highest BCUT2D eigenvalue weighted by Crippen LogP contribution is 2.65. The molecule has 0 fully saturated rings. The van der Waals surface area contributed by atoms with Crippen molar-refractivity contribution in [2.24, 2.45) is 0 Å². The molecule has 0 spiro atoms. The van der Waals surface area contributed by atoms with Crippen LogP contribution in [0.15, 0.2) is 11.8 Å². The molecule has 0 aromatic carbocycles. The van der Waals surface area contributed by atoms with Crippen LogP contribution in [0.3, 0.4) is 0 Å². The van der Waals surface area contributed by atoms with Gasteiger partial charge in [0.15, 0.2) is 5.76 Å². The van der Waals surface area contributed by atoms with Crippen molar-refractivity contribution in [1.82, 2.24) is 0 Å². The Morgan fingerprint density at radius 1 is 0.472 bits per heavy atom. The van der Waals surface area contributed by atoms with Gasteiger partial charge >= 0.3 is 59.5 Å². The second kappa shape index (κ2) is 8.35. The van der Waals surface area contributed by atoms with Gasteiger partial charge in [-0.1, -0.05) is 0 Å². The third kappa shape index (κ3) is 3.97. The number of cyclic esters (lactones) is 1. The fourth-order valence-corrected chi connectivity index (χ4v) is 2.18. The Kier molecular flexibility index (Phi) is 7.35. The van der Waals surface area contributed by atoms with Crippen LogP contribution < -0.4 is 0 Å². The summed E-state index contributed by atoms with van der Waals surface area (Å²) >= 11 is 0. The van der Waals surface area contributed by atoms with Crippen LogP contribution in [0.25, 0.3) is 0 Å². The second-order valence-corrected chi connectivity index (χ2v) is 6.62. The lowest BCUT2D eigenvalue weighted by Gasteiger charge is -2.43. The fourth-order valence-electron chi connectivity index (χ4n) is 2.18. The van der Waals surface area contributed by atoms with E-state index in [1.165, 1.54) is 0 Å². The van der Waals surface area contributed by atoms with Crippen LogP contribution in [0, 0.1) is 0 Å². The predicted molar refractivity (Wildman–Crippen MR) is 70.6 cm³/mol. The number of alkyl halides is 19. The first kappa shape index (κ1) is 31.7. The van der Waals surface area contributed by atoms with Crippen molar-refractivity contribution >= 4 is 5.97 Å². The summed E-state index contributed by atoms with van der Waals surface area (Å²) in [5, 5.41) is 0. The predicted octanol–water partition coefficient (Wildman–Crippen LogP) is 6.09. The van der Waals surface area contributed by atoms with Crippen LogP contribution in [-0.2, 0) is 14.3 Å². The normalized spacial score (nSPS) is 18.3. The van der Waals surface area contributed by atoms with Gasteiger partial charge in [0.25, 0.3) is 0 Å². The summed E-state index contributed by atoms with van der Waals surface area (Å²) in [6, 6.07) is 0. The summed E-state index contributed by atoms with van der Waals surface area (Å²) in [4.78, 5) is 10.9. The van der Waals surface area contributed by atoms with Crippen molar-refractivity contribution in [3.05, 3.63) is 11.8 Å². The average molecular weight is 582 g/mol. The van der Waals surface area contributed by atoms with Crippen molar-refractivity contribution in [2.45, 2.75) is 53.6 Å². The summed E-state index contributed by atoms with van der Waals surface area (Å²) in [5.41, 5.74) is 0. The molecule has 0 amide bonds.